The van der Waals surface area contributed by atoms with Crippen molar-refractivity contribution in [1.29, 1.82) is 0 Å². The molecule has 1 heterocycles. The fraction of sp³-hybridized carbons (Fsp3) is 0.316. The molecule has 0 unspecified atom stereocenters. The van der Waals surface area contributed by atoms with Crippen LogP contribution in [0.15, 0.2) is 41.3 Å². The number of hydrogen-bond donors (Lipinski definition) is 1. The standard InChI is InChI=1S/C19H20Cl2FN3O3S/c1-2-24-7-9-25(10-8-24)29(27,28)18-11-13(3-6-17(18)22)19(26)23-14-4-5-15(20)16(21)12-14/h3-6,11-12H,2,7-10H2,1H3,(H,23,26). The van der Waals surface area contributed by atoms with Gasteiger partial charge in [-0.25, -0.2) is 12.8 Å². The van der Waals surface area contributed by atoms with E-state index in [4.69, 9.17) is 23.2 Å². The van der Waals surface area contributed by atoms with Crippen LogP contribution < -0.4 is 5.32 Å². The number of benzene rings is 2. The van der Waals surface area contributed by atoms with Crippen LogP contribution in [-0.2, 0) is 10.0 Å². The number of hydrogen-bond acceptors (Lipinski definition) is 4. The molecule has 0 saturated carbocycles. The van der Waals surface area contributed by atoms with Gasteiger partial charge in [0.05, 0.1) is 10.0 Å². The average Bonchev–Trinajstić information content (AvgIpc) is 2.71. The van der Waals surface area contributed by atoms with Gasteiger partial charge in [0, 0.05) is 37.4 Å². The highest BCUT2D eigenvalue weighted by Gasteiger charge is 2.31. The maximum Gasteiger partial charge on any atom is 0.255 e. The number of rotatable bonds is 5. The lowest BCUT2D eigenvalue weighted by Gasteiger charge is -2.33. The molecule has 1 saturated heterocycles. The van der Waals surface area contributed by atoms with Crippen LogP contribution in [0.3, 0.4) is 0 Å². The van der Waals surface area contributed by atoms with Gasteiger partial charge in [-0.05, 0) is 42.9 Å². The van der Waals surface area contributed by atoms with Crippen molar-refractivity contribution in [3.8, 4) is 0 Å². The Labute approximate surface area is 179 Å². The zero-order chi connectivity index (χ0) is 21.2. The van der Waals surface area contributed by atoms with Crippen molar-refractivity contribution in [3.63, 3.8) is 0 Å². The summed E-state index contributed by atoms with van der Waals surface area (Å²) in [5.74, 6) is -1.48. The monoisotopic (exact) mass is 459 g/mol. The molecule has 156 valence electrons. The quantitative estimate of drug-likeness (QED) is 0.739. The molecule has 0 spiro atoms. The van der Waals surface area contributed by atoms with Gasteiger partial charge in [0.25, 0.3) is 5.91 Å². The summed E-state index contributed by atoms with van der Waals surface area (Å²) in [6.07, 6.45) is 0. The smallest absolute Gasteiger partial charge is 0.255 e. The summed E-state index contributed by atoms with van der Waals surface area (Å²) in [7, 11) is -4.05. The molecule has 1 N–H and O–H groups in total. The number of nitrogens with zero attached hydrogens (tertiary/aromatic N) is 2. The number of sulfonamides is 1. The molecule has 6 nitrogen and oxygen atoms in total. The summed E-state index contributed by atoms with van der Waals surface area (Å²) < 4.78 is 41.5. The third-order valence-electron chi connectivity index (χ3n) is 4.77. The molecule has 1 aliphatic heterocycles. The summed E-state index contributed by atoms with van der Waals surface area (Å²) >= 11 is 11.8. The molecule has 1 amide bonds. The van der Waals surface area contributed by atoms with E-state index in [1.807, 2.05) is 6.92 Å². The molecule has 0 aromatic heterocycles. The maximum atomic E-state index is 14.4. The molecule has 0 bridgehead atoms. The van der Waals surface area contributed by atoms with E-state index in [-0.39, 0.29) is 23.7 Å². The SMILES string of the molecule is CCN1CCN(S(=O)(=O)c2cc(C(=O)Nc3ccc(Cl)c(Cl)c3)ccc2F)CC1. The van der Waals surface area contributed by atoms with E-state index in [2.05, 4.69) is 10.2 Å². The number of likely N-dealkylation sites (N-methyl/N-ethyl adjacent to an activating group) is 1. The first-order chi connectivity index (χ1) is 13.7. The Morgan fingerprint density at radius 3 is 2.38 bits per heavy atom. The van der Waals surface area contributed by atoms with E-state index < -0.39 is 26.6 Å². The lowest BCUT2D eigenvalue weighted by atomic mass is 10.2. The van der Waals surface area contributed by atoms with E-state index in [1.54, 1.807) is 6.07 Å². The molecule has 0 atom stereocenters. The number of halogens is 3. The van der Waals surface area contributed by atoms with Gasteiger partial charge in [-0.1, -0.05) is 30.1 Å². The average molecular weight is 460 g/mol. The Morgan fingerprint density at radius 1 is 1.07 bits per heavy atom. The fourth-order valence-corrected chi connectivity index (χ4v) is 4.86. The van der Waals surface area contributed by atoms with Crippen molar-refractivity contribution >= 4 is 44.8 Å². The molecule has 2 aromatic carbocycles. The highest BCUT2D eigenvalue weighted by molar-refractivity contribution is 7.89. The van der Waals surface area contributed by atoms with Crippen molar-refractivity contribution in [2.75, 3.05) is 38.0 Å². The first kappa shape index (κ1) is 22.0. The molecule has 29 heavy (non-hydrogen) atoms. The van der Waals surface area contributed by atoms with Gasteiger partial charge in [-0.2, -0.15) is 4.31 Å². The van der Waals surface area contributed by atoms with E-state index >= 15 is 0 Å². The first-order valence-electron chi connectivity index (χ1n) is 9.01. The number of carbonyl (C=O) groups excluding carboxylic acids is 1. The predicted octanol–water partition coefficient (Wildman–Crippen LogP) is 3.71. The molecule has 1 aliphatic rings. The molecule has 3 rings (SSSR count). The van der Waals surface area contributed by atoms with Crippen LogP contribution >= 0.6 is 23.2 Å². The lowest BCUT2D eigenvalue weighted by molar-refractivity contribution is 0.102. The Morgan fingerprint density at radius 2 is 1.76 bits per heavy atom. The molecule has 10 heteroatoms. The molecule has 2 aromatic rings. The second kappa shape index (κ2) is 8.97. The van der Waals surface area contributed by atoms with Crippen molar-refractivity contribution in [2.45, 2.75) is 11.8 Å². The highest BCUT2D eigenvalue weighted by Crippen LogP contribution is 2.26. The number of amides is 1. The molecule has 0 aliphatic carbocycles. The van der Waals surface area contributed by atoms with Crippen LogP contribution in [0.4, 0.5) is 10.1 Å². The van der Waals surface area contributed by atoms with Crippen LogP contribution in [0.5, 0.6) is 0 Å². The molecule has 0 radical (unpaired) electrons. The van der Waals surface area contributed by atoms with Gasteiger partial charge in [-0.15, -0.1) is 0 Å². The van der Waals surface area contributed by atoms with Gasteiger partial charge in [0.1, 0.15) is 10.7 Å². The van der Waals surface area contributed by atoms with E-state index in [0.717, 1.165) is 18.7 Å². The van der Waals surface area contributed by atoms with Crippen molar-refractivity contribution in [3.05, 3.63) is 57.8 Å². The van der Waals surface area contributed by atoms with Gasteiger partial charge in [0.15, 0.2) is 0 Å². The fourth-order valence-electron chi connectivity index (χ4n) is 3.04. The van der Waals surface area contributed by atoms with Crippen LogP contribution in [-0.4, -0.2) is 56.3 Å². The minimum absolute atomic E-state index is 0.0169. The molecule has 1 fully saturated rings. The number of carbonyl (C=O) groups is 1. The second-order valence-electron chi connectivity index (χ2n) is 6.57. The number of nitrogens with one attached hydrogen (secondary N) is 1. The summed E-state index contributed by atoms with van der Waals surface area (Å²) in [6, 6.07) is 7.82. The Kier molecular flexibility index (Phi) is 6.80. The summed E-state index contributed by atoms with van der Waals surface area (Å²) in [5.41, 5.74) is 0.400. The predicted molar refractivity (Wildman–Crippen MR) is 112 cm³/mol. The lowest BCUT2D eigenvalue weighted by Crippen LogP contribution is -2.48. The van der Waals surface area contributed by atoms with E-state index in [9.17, 15) is 17.6 Å². The largest absolute Gasteiger partial charge is 0.322 e. The zero-order valence-electron chi connectivity index (χ0n) is 15.7. The van der Waals surface area contributed by atoms with Gasteiger partial charge in [-0.3, -0.25) is 4.79 Å². The first-order valence-corrected chi connectivity index (χ1v) is 11.2. The Balaban J connectivity index is 1.83. The van der Waals surface area contributed by atoms with Gasteiger partial charge < -0.3 is 10.2 Å². The van der Waals surface area contributed by atoms with Crippen LogP contribution in [0, 0.1) is 5.82 Å². The summed E-state index contributed by atoms with van der Waals surface area (Å²) in [5, 5.41) is 3.20. The maximum absolute atomic E-state index is 14.4. The van der Waals surface area contributed by atoms with Crippen LogP contribution in [0.25, 0.3) is 0 Å². The van der Waals surface area contributed by atoms with Crippen LogP contribution in [0.2, 0.25) is 10.0 Å². The van der Waals surface area contributed by atoms with E-state index in [1.165, 1.54) is 22.5 Å². The zero-order valence-corrected chi connectivity index (χ0v) is 18.0. The van der Waals surface area contributed by atoms with Gasteiger partial charge >= 0.3 is 0 Å². The number of piperazine rings is 1. The topological polar surface area (TPSA) is 69.7 Å². The third-order valence-corrected chi connectivity index (χ3v) is 7.42. The van der Waals surface area contributed by atoms with Crippen molar-refractivity contribution in [2.24, 2.45) is 0 Å². The second-order valence-corrected chi connectivity index (χ2v) is 9.29. The molecular formula is C19H20Cl2FN3O3S. The summed E-state index contributed by atoms with van der Waals surface area (Å²) in [4.78, 5) is 14.1. The third kappa shape index (κ3) is 4.90. The Bertz CT molecular complexity index is 1030. The van der Waals surface area contributed by atoms with Crippen molar-refractivity contribution in [1.82, 2.24) is 9.21 Å². The molecular weight excluding hydrogens is 440 g/mol. The van der Waals surface area contributed by atoms with Crippen molar-refractivity contribution < 1.29 is 17.6 Å². The number of anilines is 1. The van der Waals surface area contributed by atoms with Gasteiger partial charge in [0.2, 0.25) is 10.0 Å². The summed E-state index contributed by atoms with van der Waals surface area (Å²) in [6.45, 7) is 4.53. The Hall–Kier alpha value is -1.71. The normalized spacial score (nSPS) is 16.0. The highest BCUT2D eigenvalue weighted by atomic mass is 35.5. The van der Waals surface area contributed by atoms with E-state index in [0.29, 0.717) is 23.8 Å². The minimum Gasteiger partial charge on any atom is -0.322 e. The minimum atomic E-state index is -4.05. The van der Waals surface area contributed by atoms with Crippen LogP contribution in [0.1, 0.15) is 17.3 Å².